The van der Waals surface area contributed by atoms with Crippen molar-refractivity contribution >= 4 is 5.78 Å². The molecule has 0 unspecified atom stereocenters. The SMILES string of the molecule is C=C/C=C(O)\C(=C/C)OCC(C)=O. The molecule has 3 heteroatoms. The van der Waals surface area contributed by atoms with E-state index in [1.54, 1.807) is 13.0 Å². The van der Waals surface area contributed by atoms with E-state index in [1.807, 2.05) is 0 Å². The van der Waals surface area contributed by atoms with E-state index in [9.17, 15) is 9.90 Å². The summed E-state index contributed by atoms with van der Waals surface area (Å²) in [5, 5.41) is 9.31. The van der Waals surface area contributed by atoms with Gasteiger partial charge in [-0.3, -0.25) is 4.79 Å². The highest BCUT2D eigenvalue weighted by atomic mass is 16.5. The van der Waals surface area contributed by atoms with E-state index in [0.29, 0.717) is 0 Å². The van der Waals surface area contributed by atoms with Crippen LogP contribution in [0.3, 0.4) is 0 Å². The molecule has 72 valence electrons. The van der Waals surface area contributed by atoms with Crippen LogP contribution in [0.4, 0.5) is 0 Å². The first-order valence-electron chi connectivity index (χ1n) is 3.92. The second-order valence-electron chi connectivity index (χ2n) is 2.43. The maximum atomic E-state index is 10.6. The lowest BCUT2D eigenvalue weighted by atomic mass is 10.3. The van der Waals surface area contributed by atoms with Crippen LogP contribution in [0.25, 0.3) is 0 Å². The number of allylic oxidation sites excluding steroid dienone is 3. The van der Waals surface area contributed by atoms with Crippen LogP contribution in [0.15, 0.2) is 36.3 Å². The monoisotopic (exact) mass is 182 g/mol. The van der Waals surface area contributed by atoms with E-state index in [2.05, 4.69) is 6.58 Å². The van der Waals surface area contributed by atoms with Gasteiger partial charge in [0.2, 0.25) is 0 Å². The molecule has 0 bridgehead atoms. The zero-order chi connectivity index (χ0) is 10.3. The molecule has 0 saturated heterocycles. The third kappa shape index (κ3) is 4.85. The highest BCUT2D eigenvalue weighted by molar-refractivity contribution is 5.76. The number of hydrogen-bond donors (Lipinski definition) is 1. The maximum absolute atomic E-state index is 10.6. The fraction of sp³-hybridized carbons (Fsp3) is 0.300. The summed E-state index contributed by atoms with van der Waals surface area (Å²) >= 11 is 0. The number of aliphatic hydroxyl groups is 1. The Labute approximate surface area is 78.0 Å². The number of ether oxygens (including phenoxy) is 1. The van der Waals surface area contributed by atoms with Crippen LogP contribution < -0.4 is 0 Å². The predicted molar refractivity (Wildman–Crippen MR) is 51.3 cm³/mol. The molecule has 0 atom stereocenters. The van der Waals surface area contributed by atoms with Gasteiger partial charge in [0.15, 0.2) is 17.3 Å². The Morgan fingerprint density at radius 3 is 2.62 bits per heavy atom. The summed E-state index contributed by atoms with van der Waals surface area (Å²) in [6.45, 7) is 6.52. The van der Waals surface area contributed by atoms with Crippen molar-refractivity contribution in [2.24, 2.45) is 0 Å². The highest BCUT2D eigenvalue weighted by Crippen LogP contribution is 2.08. The molecule has 0 fully saturated rings. The standard InChI is InChI=1S/C10H14O3/c1-4-6-9(12)10(5-2)13-7-8(3)11/h4-6,12H,1,7H2,2-3H3/b9-6+,10-5+. The number of ketones is 1. The smallest absolute Gasteiger partial charge is 0.167 e. The summed E-state index contributed by atoms with van der Waals surface area (Å²) in [4.78, 5) is 10.6. The van der Waals surface area contributed by atoms with E-state index in [0.717, 1.165) is 0 Å². The lowest BCUT2D eigenvalue weighted by Gasteiger charge is -2.06. The van der Waals surface area contributed by atoms with Crippen molar-refractivity contribution in [3.05, 3.63) is 36.3 Å². The number of carbonyl (C=O) groups excluding carboxylic acids is 1. The van der Waals surface area contributed by atoms with Gasteiger partial charge in [0, 0.05) is 0 Å². The van der Waals surface area contributed by atoms with Crippen LogP contribution in [0.5, 0.6) is 0 Å². The first-order valence-corrected chi connectivity index (χ1v) is 3.92. The van der Waals surface area contributed by atoms with E-state index in [4.69, 9.17) is 4.74 Å². The summed E-state index contributed by atoms with van der Waals surface area (Å²) in [6, 6.07) is 0. The first kappa shape index (κ1) is 11.5. The molecule has 3 nitrogen and oxygen atoms in total. The second-order valence-corrected chi connectivity index (χ2v) is 2.43. The minimum Gasteiger partial charge on any atom is -0.504 e. The molecule has 13 heavy (non-hydrogen) atoms. The normalized spacial score (nSPS) is 12.5. The van der Waals surface area contributed by atoms with Gasteiger partial charge in [-0.2, -0.15) is 0 Å². The van der Waals surface area contributed by atoms with Crippen LogP contribution >= 0.6 is 0 Å². The van der Waals surface area contributed by atoms with Gasteiger partial charge in [-0.05, 0) is 26.0 Å². The number of hydrogen-bond acceptors (Lipinski definition) is 3. The molecule has 0 heterocycles. The zero-order valence-electron chi connectivity index (χ0n) is 7.91. The van der Waals surface area contributed by atoms with Crippen molar-refractivity contribution in [3.8, 4) is 0 Å². The Morgan fingerprint density at radius 2 is 2.23 bits per heavy atom. The van der Waals surface area contributed by atoms with Crippen LogP contribution in [-0.2, 0) is 9.53 Å². The molecule has 0 amide bonds. The summed E-state index contributed by atoms with van der Waals surface area (Å²) in [5.41, 5.74) is 0. The van der Waals surface area contributed by atoms with Crippen molar-refractivity contribution in [2.75, 3.05) is 6.61 Å². The molecule has 0 spiro atoms. The first-order chi connectivity index (χ1) is 6.11. The minimum absolute atomic E-state index is 0.0289. The zero-order valence-corrected chi connectivity index (χ0v) is 7.91. The average Bonchev–Trinajstić information content (AvgIpc) is 2.05. The molecule has 0 aromatic rings. The molecule has 0 aliphatic heterocycles. The minimum atomic E-state index is -0.0919. The number of rotatable bonds is 5. The average molecular weight is 182 g/mol. The second kappa shape index (κ2) is 6.06. The molecular weight excluding hydrogens is 168 g/mol. The maximum Gasteiger partial charge on any atom is 0.167 e. The largest absolute Gasteiger partial charge is 0.504 e. The molecule has 0 rings (SSSR count). The van der Waals surface area contributed by atoms with Gasteiger partial charge in [-0.15, -0.1) is 0 Å². The van der Waals surface area contributed by atoms with E-state index in [-0.39, 0.29) is 23.9 Å². The van der Waals surface area contributed by atoms with Crippen LogP contribution in [0, 0.1) is 0 Å². The number of Topliss-reactive ketones (excluding diaryl/α,β-unsaturated/α-hetero) is 1. The van der Waals surface area contributed by atoms with Crippen molar-refractivity contribution in [1.29, 1.82) is 0 Å². The fourth-order valence-corrected chi connectivity index (χ4v) is 0.678. The summed E-state index contributed by atoms with van der Waals surface area (Å²) in [6.07, 6.45) is 4.42. The lowest BCUT2D eigenvalue weighted by molar-refractivity contribution is -0.120. The molecule has 1 N–H and O–H groups in total. The fourth-order valence-electron chi connectivity index (χ4n) is 0.678. The molecule has 0 radical (unpaired) electrons. The van der Waals surface area contributed by atoms with Crippen LogP contribution in [0.1, 0.15) is 13.8 Å². The van der Waals surface area contributed by atoms with Crippen LogP contribution in [-0.4, -0.2) is 17.5 Å². The molecule has 0 aromatic heterocycles. The van der Waals surface area contributed by atoms with Gasteiger partial charge in [0.05, 0.1) is 0 Å². The molecule has 0 saturated carbocycles. The van der Waals surface area contributed by atoms with Crippen molar-refractivity contribution in [2.45, 2.75) is 13.8 Å². The molecular formula is C10H14O3. The quantitative estimate of drug-likeness (QED) is 0.523. The third-order valence-electron chi connectivity index (χ3n) is 1.22. The van der Waals surface area contributed by atoms with Gasteiger partial charge in [0.25, 0.3) is 0 Å². The van der Waals surface area contributed by atoms with Crippen molar-refractivity contribution in [3.63, 3.8) is 0 Å². The molecule has 0 aliphatic rings. The Kier molecular flexibility index (Phi) is 5.35. The van der Waals surface area contributed by atoms with Gasteiger partial charge in [0.1, 0.15) is 6.61 Å². The van der Waals surface area contributed by atoms with Crippen molar-refractivity contribution in [1.82, 2.24) is 0 Å². The summed E-state index contributed by atoms with van der Waals surface area (Å²) in [5.74, 6) is 0.166. The Morgan fingerprint density at radius 1 is 1.62 bits per heavy atom. The van der Waals surface area contributed by atoms with Gasteiger partial charge in [-0.1, -0.05) is 12.7 Å². The number of carbonyl (C=O) groups is 1. The van der Waals surface area contributed by atoms with E-state index >= 15 is 0 Å². The van der Waals surface area contributed by atoms with Gasteiger partial charge < -0.3 is 9.84 Å². The molecule has 0 aromatic carbocycles. The molecule has 0 aliphatic carbocycles. The lowest BCUT2D eigenvalue weighted by Crippen LogP contribution is -2.05. The Hall–Kier alpha value is -1.51. The predicted octanol–water partition coefficient (Wildman–Crippen LogP) is 2.12. The van der Waals surface area contributed by atoms with E-state index in [1.165, 1.54) is 19.1 Å². The van der Waals surface area contributed by atoms with Crippen molar-refractivity contribution < 1.29 is 14.6 Å². The van der Waals surface area contributed by atoms with Gasteiger partial charge in [-0.25, -0.2) is 0 Å². The summed E-state index contributed by atoms with van der Waals surface area (Å²) < 4.78 is 5.01. The Bertz CT molecular complexity index is 249. The highest BCUT2D eigenvalue weighted by Gasteiger charge is 2.03. The summed E-state index contributed by atoms with van der Waals surface area (Å²) in [7, 11) is 0. The topological polar surface area (TPSA) is 46.5 Å². The van der Waals surface area contributed by atoms with Crippen LogP contribution in [0.2, 0.25) is 0 Å². The van der Waals surface area contributed by atoms with E-state index < -0.39 is 0 Å². The number of aliphatic hydroxyl groups excluding tert-OH is 1. The third-order valence-corrected chi connectivity index (χ3v) is 1.22. The van der Waals surface area contributed by atoms with Gasteiger partial charge >= 0.3 is 0 Å². The Balaban J connectivity index is 4.28.